The summed E-state index contributed by atoms with van der Waals surface area (Å²) in [5, 5.41) is 2.92. The van der Waals surface area contributed by atoms with Crippen LogP contribution in [0.1, 0.15) is 49.5 Å². The summed E-state index contributed by atoms with van der Waals surface area (Å²) < 4.78 is 17.0. The van der Waals surface area contributed by atoms with Crippen LogP contribution in [0.15, 0.2) is 42.5 Å². The fourth-order valence-corrected chi connectivity index (χ4v) is 2.60. The van der Waals surface area contributed by atoms with Gasteiger partial charge in [0.15, 0.2) is 0 Å². The first-order chi connectivity index (χ1) is 13.2. The van der Waals surface area contributed by atoms with E-state index in [1.165, 1.54) is 0 Å². The highest BCUT2D eigenvalue weighted by atomic mass is 16.5. The van der Waals surface area contributed by atoms with Crippen LogP contribution < -0.4 is 14.8 Å². The van der Waals surface area contributed by atoms with Crippen LogP contribution in [0.2, 0.25) is 0 Å². The van der Waals surface area contributed by atoms with Crippen molar-refractivity contribution in [2.24, 2.45) is 0 Å². The molecule has 5 nitrogen and oxygen atoms in total. The van der Waals surface area contributed by atoms with Gasteiger partial charge in [0.2, 0.25) is 0 Å². The Morgan fingerprint density at radius 2 is 1.70 bits per heavy atom. The first-order valence-corrected chi connectivity index (χ1v) is 9.56. The highest BCUT2D eigenvalue weighted by molar-refractivity contribution is 6.05. The number of hydrogen-bond donors (Lipinski definition) is 1. The third-order valence-corrected chi connectivity index (χ3v) is 3.96. The molecule has 0 bridgehead atoms. The van der Waals surface area contributed by atoms with E-state index in [1.807, 2.05) is 50.2 Å². The predicted octanol–water partition coefficient (Wildman–Crippen LogP) is 5.05. The van der Waals surface area contributed by atoms with Gasteiger partial charge in [0, 0.05) is 17.7 Å². The Morgan fingerprint density at radius 3 is 2.44 bits per heavy atom. The lowest BCUT2D eigenvalue weighted by Gasteiger charge is -2.14. The second-order valence-electron chi connectivity index (χ2n) is 6.04. The smallest absolute Gasteiger partial charge is 0.255 e. The van der Waals surface area contributed by atoms with E-state index in [2.05, 4.69) is 12.2 Å². The Morgan fingerprint density at radius 1 is 0.963 bits per heavy atom. The zero-order valence-electron chi connectivity index (χ0n) is 16.4. The average molecular weight is 371 g/mol. The number of amides is 1. The molecule has 5 heteroatoms. The van der Waals surface area contributed by atoms with Gasteiger partial charge in [-0.15, -0.1) is 0 Å². The molecule has 0 aliphatic carbocycles. The van der Waals surface area contributed by atoms with Crippen molar-refractivity contribution in [2.45, 2.75) is 40.2 Å². The minimum absolute atomic E-state index is 0.194. The van der Waals surface area contributed by atoms with Gasteiger partial charge in [-0.3, -0.25) is 4.79 Å². The summed E-state index contributed by atoms with van der Waals surface area (Å²) in [6.45, 7) is 8.19. The first kappa shape index (κ1) is 20.8. The van der Waals surface area contributed by atoms with Crippen molar-refractivity contribution in [1.29, 1.82) is 0 Å². The predicted molar refractivity (Wildman–Crippen MR) is 108 cm³/mol. The van der Waals surface area contributed by atoms with Crippen molar-refractivity contribution in [1.82, 2.24) is 0 Å². The van der Waals surface area contributed by atoms with Gasteiger partial charge in [-0.05, 0) is 50.6 Å². The summed E-state index contributed by atoms with van der Waals surface area (Å²) in [6, 6.07) is 12.8. The molecular weight excluding hydrogens is 342 g/mol. The molecule has 0 saturated carbocycles. The Bertz CT molecular complexity index is 730. The fraction of sp³-hybridized carbons (Fsp3) is 0.409. The Hall–Kier alpha value is -2.53. The van der Waals surface area contributed by atoms with Crippen molar-refractivity contribution >= 4 is 11.6 Å². The van der Waals surface area contributed by atoms with Crippen LogP contribution in [0.4, 0.5) is 5.69 Å². The third-order valence-electron chi connectivity index (χ3n) is 3.96. The average Bonchev–Trinajstić information content (AvgIpc) is 2.68. The number of benzene rings is 2. The van der Waals surface area contributed by atoms with Gasteiger partial charge in [0.05, 0.1) is 25.5 Å². The van der Waals surface area contributed by atoms with E-state index >= 15 is 0 Å². The second-order valence-corrected chi connectivity index (χ2v) is 6.04. The molecule has 0 atom stereocenters. The summed E-state index contributed by atoms with van der Waals surface area (Å²) in [5.74, 6) is 1.21. The Kier molecular flexibility index (Phi) is 8.65. The van der Waals surface area contributed by atoms with E-state index in [4.69, 9.17) is 14.2 Å². The Labute approximate surface area is 161 Å². The highest BCUT2D eigenvalue weighted by Gasteiger charge is 2.13. The molecule has 1 amide bonds. The number of carbonyl (C=O) groups excluding carboxylic acids is 1. The lowest BCUT2D eigenvalue weighted by molar-refractivity contribution is 0.102. The molecule has 0 unspecified atom stereocenters. The van der Waals surface area contributed by atoms with E-state index in [1.54, 1.807) is 6.07 Å². The van der Waals surface area contributed by atoms with Gasteiger partial charge in [0.1, 0.15) is 11.5 Å². The van der Waals surface area contributed by atoms with Gasteiger partial charge < -0.3 is 19.5 Å². The molecule has 2 rings (SSSR count). The van der Waals surface area contributed by atoms with Crippen molar-refractivity contribution < 1.29 is 19.0 Å². The zero-order valence-corrected chi connectivity index (χ0v) is 16.4. The van der Waals surface area contributed by atoms with E-state index in [0.717, 1.165) is 24.2 Å². The topological polar surface area (TPSA) is 56.8 Å². The normalized spacial score (nSPS) is 10.5. The van der Waals surface area contributed by atoms with Gasteiger partial charge in [-0.25, -0.2) is 0 Å². The molecule has 0 aromatic heterocycles. The standard InChI is InChI=1S/C22H29NO4/c1-4-7-14-25-16-18-15-17(12-13-20(18)26-5-2)22(24)23-19-10-8-9-11-21(19)27-6-3/h8-13,15H,4-7,14,16H2,1-3H3,(H,23,24). The summed E-state index contributed by atoms with van der Waals surface area (Å²) in [7, 11) is 0. The minimum Gasteiger partial charge on any atom is -0.494 e. The summed E-state index contributed by atoms with van der Waals surface area (Å²) >= 11 is 0. The molecule has 0 heterocycles. The number of carbonyl (C=O) groups is 1. The molecule has 0 spiro atoms. The largest absolute Gasteiger partial charge is 0.494 e. The van der Waals surface area contributed by atoms with Crippen molar-refractivity contribution in [3.05, 3.63) is 53.6 Å². The zero-order chi connectivity index (χ0) is 19.5. The Balaban J connectivity index is 2.15. The summed E-state index contributed by atoms with van der Waals surface area (Å²) in [6.07, 6.45) is 2.10. The van der Waals surface area contributed by atoms with Crippen molar-refractivity contribution in [2.75, 3.05) is 25.1 Å². The molecule has 1 N–H and O–H groups in total. The molecular formula is C22H29NO4. The van der Waals surface area contributed by atoms with Gasteiger partial charge >= 0.3 is 0 Å². The van der Waals surface area contributed by atoms with E-state index in [9.17, 15) is 4.79 Å². The molecule has 0 aliphatic heterocycles. The number of unbranched alkanes of at least 4 members (excludes halogenated alkanes) is 1. The van der Waals surface area contributed by atoms with Crippen LogP contribution in [0.5, 0.6) is 11.5 Å². The number of ether oxygens (including phenoxy) is 3. The van der Waals surface area contributed by atoms with E-state index < -0.39 is 0 Å². The van der Waals surface area contributed by atoms with Crippen LogP contribution in [-0.2, 0) is 11.3 Å². The first-order valence-electron chi connectivity index (χ1n) is 9.56. The summed E-state index contributed by atoms with van der Waals surface area (Å²) in [5.41, 5.74) is 2.08. The maximum atomic E-state index is 12.7. The highest BCUT2D eigenvalue weighted by Crippen LogP contribution is 2.26. The number of para-hydroxylation sites is 2. The molecule has 0 fully saturated rings. The lowest BCUT2D eigenvalue weighted by Crippen LogP contribution is -2.14. The number of rotatable bonds is 11. The van der Waals surface area contributed by atoms with Gasteiger partial charge in [-0.2, -0.15) is 0 Å². The summed E-state index contributed by atoms with van der Waals surface area (Å²) in [4.78, 5) is 12.7. The van der Waals surface area contributed by atoms with Crippen molar-refractivity contribution in [3.63, 3.8) is 0 Å². The minimum atomic E-state index is -0.194. The molecule has 0 aliphatic rings. The van der Waals surface area contributed by atoms with Gasteiger partial charge in [-0.1, -0.05) is 25.5 Å². The van der Waals surface area contributed by atoms with Crippen LogP contribution in [0.3, 0.4) is 0 Å². The van der Waals surface area contributed by atoms with Crippen LogP contribution in [0.25, 0.3) is 0 Å². The second kappa shape index (κ2) is 11.2. The quantitative estimate of drug-likeness (QED) is 0.561. The molecule has 2 aromatic rings. The number of hydrogen-bond acceptors (Lipinski definition) is 4. The van der Waals surface area contributed by atoms with Crippen LogP contribution in [-0.4, -0.2) is 25.7 Å². The lowest BCUT2D eigenvalue weighted by atomic mass is 10.1. The van der Waals surface area contributed by atoms with E-state index in [0.29, 0.717) is 43.4 Å². The van der Waals surface area contributed by atoms with Gasteiger partial charge in [0.25, 0.3) is 5.91 Å². The maximum absolute atomic E-state index is 12.7. The molecule has 0 saturated heterocycles. The molecule has 2 aromatic carbocycles. The molecule has 27 heavy (non-hydrogen) atoms. The third kappa shape index (κ3) is 6.29. The van der Waals surface area contributed by atoms with E-state index in [-0.39, 0.29) is 5.91 Å². The fourth-order valence-electron chi connectivity index (χ4n) is 2.60. The molecule has 0 radical (unpaired) electrons. The SMILES string of the molecule is CCCCOCc1cc(C(=O)Nc2ccccc2OCC)ccc1OCC. The monoisotopic (exact) mass is 371 g/mol. The number of anilines is 1. The maximum Gasteiger partial charge on any atom is 0.255 e. The van der Waals surface area contributed by atoms with Crippen LogP contribution in [0, 0.1) is 0 Å². The molecule has 146 valence electrons. The van der Waals surface area contributed by atoms with Crippen LogP contribution >= 0.6 is 0 Å². The van der Waals surface area contributed by atoms with Crippen molar-refractivity contribution in [3.8, 4) is 11.5 Å². The number of nitrogens with one attached hydrogen (secondary N) is 1.